The Bertz CT molecular complexity index is 608. The lowest BCUT2D eigenvalue weighted by atomic mass is 10.1. The first-order valence-corrected chi connectivity index (χ1v) is 7.81. The minimum atomic E-state index is -0.666. The Morgan fingerprint density at radius 2 is 2.26 bits per heavy atom. The highest BCUT2D eigenvalue weighted by atomic mass is 35.5. The monoisotopic (exact) mass is 342 g/mol. The van der Waals surface area contributed by atoms with Crippen LogP contribution in [0, 0.1) is 16.0 Å². The van der Waals surface area contributed by atoms with E-state index >= 15 is 0 Å². The molecule has 1 unspecified atom stereocenters. The quantitative estimate of drug-likeness (QED) is 0.325. The molecular weight excluding hydrogens is 324 g/mol. The summed E-state index contributed by atoms with van der Waals surface area (Å²) < 4.78 is 4.86. The molecule has 0 amide bonds. The fourth-order valence-electron chi connectivity index (χ4n) is 2.71. The number of nitro groups is 1. The Labute approximate surface area is 139 Å². The van der Waals surface area contributed by atoms with Gasteiger partial charge in [0.15, 0.2) is 0 Å². The zero-order valence-electron chi connectivity index (χ0n) is 13.2. The van der Waals surface area contributed by atoms with Gasteiger partial charge >= 0.3 is 11.7 Å². The van der Waals surface area contributed by atoms with E-state index in [-0.39, 0.29) is 22.8 Å². The van der Waals surface area contributed by atoms with Crippen molar-refractivity contribution in [1.29, 1.82) is 0 Å². The number of carbonyl (C=O) groups is 1. The van der Waals surface area contributed by atoms with E-state index in [0.29, 0.717) is 12.3 Å². The topological polar surface area (TPSA) is 98.5 Å². The van der Waals surface area contributed by atoms with Crippen molar-refractivity contribution in [2.75, 3.05) is 12.0 Å². The number of methoxy groups -OCH3 is 1. The van der Waals surface area contributed by atoms with Gasteiger partial charge in [0.2, 0.25) is 11.1 Å². The number of carbonyl (C=O) groups excluding carboxylic acids is 1. The van der Waals surface area contributed by atoms with Gasteiger partial charge in [-0.15, -0.1) is 0 Å². The Morgan fingerprint density at radius 3 is 2.74 bits per heavy atom. The van der Waals surface area contributed by atoms with Gasteiger partial charge in [0, 0.05) is 6.04 Å². The molecule has 0 saturated heterocycles. The Hall–Kier alpha value is -1.96. The predicted molar refractivity (Wildman–Crippen MR) is 84.5 cm³/mol. The molecule has 1 saturated carbocycles. The van der Waals surface area contributed by atoms with Crippen LogP contribution >= 0.6 is 11.6 Å². The average molecular weight is 343 g/mol. The Balaban J connectivity index is 2.54. The van der Waals surface area contributed by atoms with Gasteiger partial charge in [0.1, 0.15) is 12.2 Å². The van der Waals surface area contributed by atoms with Gasteiger partial charge in [-0.05, 0) is 43.7 Å². The van der Waals surface area contributed by atoms with Gasteiger partial charge < -0.3 is 9.64 Å². The second-order valence-electron chi connectivity index (χ2n) is 5.54. The molecule has 126 valence electrons. The zero-order valence-corrected chi connectivity index (χ0v) is 14.0. The number of rotatable bonds is 7. The summed E-state index contributed by atoms with van der Waals surface area (Å²) in [6.07, 6.45) is 3.54. The lowest BCUT2D eigenvalue weighted by Gasteiger charge is -2.35. The van der Waals surface area contributed by atoms with Gasteiger partial charge in [0.05, 0.1) is 12.0 Å². The van der Waals surface area contributed by atoms with Gasteiger partial charge in [-0.2, -0.15) is 4.98 Å². The average Bonchev–Trinajstić information content (AvgIpc) is 3.35. The molecule has 1 heterocycles. The van der Waals surface area contributed by atoms with E-state index in [1.807, 2.05) is 13.8 Å². The number of anilines is 1. The SMILES string of the molecule is CC[C@H](C(=O)OC)N(c1nc(Cl)ncc1[N+](=O)[O-])C(C)C1CC1. The van der Waals surface area contributed by atoms with Crippen LogP contribution in [-0.4, -0.2) is 40.1 Å². The van der Waals surface area contributed by atoms with Gasteiger partial charge in [-0.3, -0.25) is 10.1 Å². The number of hydrogen-bond donors (Lipinski definition) is 0. The van der Waals surface area contributed by atoms with Crippen LogP contribution in [0.3, 0.4) is 0 Å². The molecule has 0 spiro atoms. The van der Waals surface area contributed by atoms with Crippen LogP contribution in [0.5, 0.6) is 0 Å². The van der Waals surface area contributed by atoms with Crippen molar-refractivity contribution in [2.45, 2.75) is 45.2 Å². The summed E-state index contributed by atoms with van der Waals surface area (Å²) in [5.41, 5.74) is -0.274. The number of ether oxygens (including phenoxy) is 1. The van der Waals surface area contributed by atoms with E-state index < -0.39 is 16.9 Å². The summed E-state index contributed by atoms with van der Waals surface area (Å²) in [5, 5.41) is 11.2. The van der Waals surface area contributed by atoms with Gasteiger partial charge in [0.25, 0.3) is 0 Å². The van der Waals surface area contributed by atoms with E-state index in [1.54, 1.807) is 4.90 Å². The highest BCUT2D eigenvalue weighted by Gasteiger charge is 2.41. The molecule has 23 heavy (non-hydrogen) atoms. The van der Waals surface area contributed by atoms with E-state index in [9.17, 15) is 14.9 Å². The highest BCUT2D eigenvalue weighted by Crippen LogP contribution is 2.40. The molecular formula is C14H19ClN4O4. The Morgan fingerprint density at radius 1 is 1.61 bits per heavy atom. The van der Waals surface area contributed by atoms with Crippen LogP contribution in [0.1, 0.15) is 33.1 Å². The van der Waals surface area contributed by atoms with Crippen molar-refractivity contribution in [3.05, 3.63) is 21.6 Å². The third-order valence-corrected chi connectivity index (χ3v) is 4.28. The lowest BCUT2D eigenvalue weighted by Crippen LogP contribution is -2.48. The molecule has 0 radical (unpaired) electrons. The first-order valence-electron chi connectivity index (χ1n) is 7.43. The highest BCUT2D eigenvalue weighted by molar-refractivity contribution is 6.28. The van der Waals surface area contributed by atoms with Crippen molar-refractivity contribution < 1.29 is 14.5 Å². The molecule has 1 fully saturated rings. The van der Waals surface area contributed by atoms with Crippen molar-refractivity contribution in [2.24, 2.45) is 5.92 Å². The van der Waals surface area contributed by atoms with E-state index in [2.05, 4.69) is 9.97 Å². The molecule has 2 rings (SSSR count). The summed E-state index contributed by atoms with van der Waals surface area (Å²) in [7, 11) is 1.30. The first-order chi connectivity index (χ1) is 10.9. The predicted octanol–water partition coefficient (Wildman–Crippen LogP) is 2.59. The molecule has 0 bridgehead atoms. The standard InChI is InChI=1S/C14H19ClN4O4/c1-4-10(13(20)23-3)18(8(2)9-5-6-9)12-11(19(21)22)7-16-14(15)17-12/h7-10H,4-6H2,1-3H3/t8?,10-/m1/s1. The van der Waals surface area contributed by atoms with E-state index in [4.69, 9.17) is 16.3 Å². The Kier molecular flexibility index (Phi) is 5.35. The minimum Gasteiger partial charge on any atom is -0.467 e. The van der Waals surface area contributed by atoms with E-state index in [1.165, 1.54) is 7.11 Å². The van der Waals surface area contributed by atoms with Crippen LogP contribution in [0.4, 0.5) is 11.5 Å². The van der Waals surface area contributed by atoms with E-state index in [0.717, 1.165) is 19.0 Å². The molecule has 9 heteroatoms. The lowest BCUT2D eigenvalue weighted by molar-refractivity contribution is -0.384. The maximum atomic E-state index is 12.2. The molecule has 1 aromatic rings. The maximum absolute atomic E-state index is 12.2. The van der Waals surface area contributed by atoms with Crippen molar-refractivity contribution >= 4 is 29.1 Å². The minimum absolute atomic E-state index is 0.0617. The van der Waals surface area contributed by atoms with Crippen LogP contribution in [0.25, 0.3) is 0 Å². The fourth-order valence-corrected chi connectivity index (χ4v) is 2.84. The zero-order chi connectivity index (χ0) is 17.1. The van der Waals surface area contributed by atoms with Crippen molar-refractivity contribution in [3.63, 3.8) is 0 Å². The largest absolute Gasteiger partial charge is 0.467 e. The number of aromatic nitrogens is 2. The molecule has 0 aliphatic heterocycles. The summed E-state index contributed by atoms with van der Waals surface area (Å²) in [5.74, 6) is -0.0299. The fraction of sp³-hybridized carbons (Fsp3) is 0.643. The first kappa shape index (κ1) is 17.4. The van der Waals surface area contributed by atoms with Crippen LogP contribution in [0.2, 0.25) is 5.28 Å². The maximum Gasteiger partial charge on any atom is 0.329 e. The molecule has 1 aliphatic carbocycles. The molecule has 8 nitrogen and oxygen atoms in total. The van der Waals surface area contributed by atoms with Crippen LogP contribution in [-0.2, 0) is 9.53 Å². The summed E-state index contributed by atoms with van der Waals surface area (Å²) >= 11 is 5.84. The second kappa shape index (κ2) is 7.08. The molecule has 1 aromatic heterocycles. The molecule has 0 aromatic carbocycles. The molecule has 1 aliphatic rings. The third-order valence-electron chi connectivity index (χ3n) is 4.10. The second-order valence-corrected chi connectivity index (χ2v) is 5.88. The van der Waals surface area contributed by atoms with Crippen molar-refractivity contribution in [1.82, 2.24) is 9.97 Å². The number of esters is 1. The number of hydrogen-bond acceptors (Lipinski definition) is 7. The smallest absolute Gasteiger partial charge is 0.329 e. The van der Waals surface area contributed by atoms with Crippen LogP contribution < -0.4 is 4.90 Å². The van der Waals surface area contributed by atoms with Gasteiger partial charge in [-0.25, -0.2) is 9.78 Å². The van der Waals surface area contributed by atoms with Crippen LogP contribution in [0.15, 0.2) is 6.20 Å². The van der Waals surface area contributed by atoms with Crippen molar-refractivity contribution in [3.8, 4) is 0 Å². The molecule has 2 atom stereocenters. The third kappa shape index (κ3) is 3.69. The molecule has 0 N–H and O–H groups in total. The number of halogens is 1. The summed E-state index contributed by atoms with van der Waals surface area (Å²) in [6.45, 7) is 3.76. The normalized spacial score (nSPS) is 16.5. The summed E-state index contributed by atoms with van der Waals surface area (Å²) in [4.78, 5) is 32.3. The van der Waals surface area contributed by atoms with Gasteiger partial charge in [-0.1, -0.05) is 6.92 Å². The summed E-state index contributed by atoms with van der Waals surface area (Å²) in [6, 6.07) is -0.760. The number of nitrogens with zero attached hydrogens (tertiary/aromatic N) is 4.